The summed E-state index contributed by atoms with van der Waals surface area (Å²) < 4.78 is 19.1. The molecule has 1 amide bonds. The van der Waals surface area contributed by atoms with Crippen molar-refractivity contribution in [2.45, 2.75) is 83.4 Å². The monoisotopic (exact) mass is 645 g/mol. The number of hydrogen-bond donors (Lipinski definition) is 1. The molecule has 48 heavy (non-hydrogen) atoms. The van der Waals surface area contributed by atoms with Gasteiger partial charge in [-0.2, -0.15) is 5.10 Å². The lowest BCUT2D eigenvalue weighted by Crippen LogP contribution is -2.42. The third-order valence-corrected chi connectivity index (χ3v) is 9.42. The number of amides is 1. The molecule has 1 fully saturated rings. The van der Waals surface area contributed by atoms with Crippen molar-refractivity contribution in [3.8, 4) is 34.0 Å². The van der Waals surface area contributed by atoms with Gasteiger partial charge in [0.05, 0.1) is 26.3 Å². The molecular formula is C39H43N5O4. The lowest BCUT2D eigenvalue weighted by atomic mass is 9.99. The van der Waals surface area contributed by atoms with Crippen molar-refractivity contribution >= 4 is 17.1 Å². The topological polar surface area (TPSA) is 100 Å². The summed E-state index contributed by atoms with van der Waals surface area (Å²) >= 11 is 0. The fraction of sp³-hybridized carbons (Fsp3) is 0.385. The van der Waals surface area contributed by atoms with Crippen LogP contribution in [0.2, 0.25) is 0 Å². The fourth-order valence-corrected chi connectivity index (χ4v) is 7.08. The number of aromatic nitrogens is 4. The third kappa shape index (κ3) is 6.46. The van der Waals surface area contributed by atoms with Gasteiger partial charge >= 0.3 is 6.09 Å². The van der Waals surface area contributed by atoms with E-state index in [0.29, 0.717) is 6.54 Å². The summed E-state index contributed by atoms with van der Waals surface area (Å²) in [4.78, 5) is 22.6. The number of nitrogens with one attached hydrogen (secondary N) is 1. The van der Waals surface area contributed by atoms with E-state index in [1.807, 2.05) is 43.8 Å². The Morgan fingerprint density at radius 1 is 0.979 bits per heavy atom. The van der Waals surface area contributed by atoms with Gasteiger partial charge in [0.15, 0.2) is 0 Å². The van der Waals surface area contributed by atoms with Crippen LogP contribution in [0.15, 0.2) is 66.9 Å². The van der Waals surface area contributed by atoms with Crippen LogP contribution >= 0.6 is 0 Å². The number of carbonyl (C=O) groups is 1. The average molecular weight is 646 g/mol. The summed E-state index contributed by atoms with van der Waals surface area (Å²) in [7, 11) is 3.38. The summed E-state index contributed by atoms with van der Waals surface area (Å²) in [5.41, 5.74) is 9.85. The highest BCUT2D eigenvalue weighted by molar-refractivity contribution is 5.93. The lowest BCUT2D eigenvalue weighted by Gasteiger charge is -2.22. The summed E-state index contributed by atoms with van der Waals surface area (Å²) in [5, 5.41) is 8.04. The minimum absolute atomic E-state index is 0.117. The Bertz CT molecular complexity index is 1940. The van der Waals surface area contributed by atoms with E-state index >= 15 is 0 Å². The molecular weight excluding hydrogens is 602 g/mol. The van der Waals surface area contributed by atoms with Crippen molar-refractivity contribution in [2.24, 2.45) is 0 Å². The standard InChI is InChI=1S/C39H43N5O4/c1-39(2,3)42-38(45)48-29-18-14-26(20-29)32-19-15-27(22-40-32)35-37-33(44(43-35)23-24-12-16-28(46-4)17-13-24)21-34(47-5)36(41-37)31-11-7-9-25-8-6-10-30(25)31/h7,9,11-13,15-17,19,21-22,26,29H,6,8,10,14,18,20,23H2,1-5H3,(H,42,45). The summed E-state index contributed by atoms with van der Waals surface area (Å²) in [5.74, 6) is 1.77. The van der Waals surface area contributed by atoms with Crippen LogP contribution < -0.4 is 14.8 Å². The van der Waals surface area contributed by atoms with Crippen LogP contribution in [0.5, 0.6) is 11.5 Å². The molecule has 7 rings (SSSR count). The second kappa shape index (κ2) is 12.9. The molecule has 0 spiro atoms. The van der Waals surface area contributed by atoms with Crippen molar-refractivity contribution < 1.29 is 19.0 Å². The predicted octanol–water partition coefficient (Wildman–Crippen LogP) is 7.88. The second-order valence-electron chi connectivity index (χ2n) is 13.9. The van der Waals surface area contributed by atoms with Crippen LogP contribution in [0.1, 0.15) is 74.8 Å². The van der Waals surface area contributed by atoms with Gasteiger partial charge in [-0.15, -0.1) is 0 Å². The molecule has 9 nitrogen and oxygen atoms in total. The maximum Gasteiger partial charge on any atom is 0.407 e. The highest BCUT2D eigenvalue weighted by Gasteiger charge is 2.31. The first kappa shape index (κ1) is 31.7. The van der Waals surface area contributed by atoms with Crippen molar-refractivity contribution in [1.29, 1.82) is 0 Å². The van der Waals surface area contributed by atoms with Gasteiger partial charge in [-0.1, -0.05) is 30.3 Å². The molecule has 3 heterocycles. The number of nitrogens with zero attached hydrogens (tertiary/aromatic N) is 4. The molecule has 3 aromatic heterocycles. The highest BCUT2D eigenvalue weighted by Crippen LogP contribution is 2.40. The van der Waals surface area contributed by atoms with Crippen LogP contribution in [-0.4, -0.2) is 51.7 Å². The summed E-state index contributed by atoms with van der Waals surface area (Å²) in [6.45, 7) is 6.40. The highest BCUT2D eigenvalue weighted by atomic mass is 16.6. The molecule has 2 aromatic carbocycles. The third-order valence-electron chi connectivity index (χ3n) is 9.42. The Morgan fingerprint density at radius 3 is 2.54 bits per heavy atom. The Balaban J connectivity index is 1.23. The van der Waals surface area contributed by atoms with E-state index in [4.69, 9.17) is 29.3 Å². The number of aryl methyl sites for hydroxylation is 1. The normalized spacial score (nSPS) is 17.4. The number of benzene rings is 2. The average Bonchev–Trinajstić information content (AvgIpc) is 3.83. The predicted molar refractivity (Wildman–Crippen MR) is 187 cm³/mol. The van der Waals surface area contributed by atoms with Gasteiger partial charge in [0.25, 0.3) is 0 Å². The fourth-order valence-electron chi connectivity index (χ4n) is 7.08. The molecule has 2 aliphatic carbocycles. The van der Waals surface area contributed by atoms with Gasteiger partial charge in [0.2, 0.25) is 0 Å². The number of methoxy groups -OCH3 is 2. The minimum atomic E-state index is -0.363. The molecule has 0 bridgehead atoms. The first-order chi connectivity index (χ1) is 23.2. The number of ether oxygens (including phenoxy) is 3. The van der Waals surface area contributed by atoms with Crippen molar-refractivity contribution in [3.63, 3.8) is 0 Å². The van der Waals surface area contributed by atoms with Gasteiger partial charge in [0.1, 0.15) is 34.5 Å². The van der Waals surface area contributed by atoms with E-state index in [-0.39, 0.29) is 23.7 Å². The van der Waals surface area contributed by atoms with Gasteiger partial charge in [-0.25, -0.2) is 9.78 Å². The van der Waals surface area contributed by atoms with Gasteiger partial charge in [-0.3, -0.25) is 9.67 Å². The number of hydrogen-bond acceptors (Lipinski definition) is 7. The number of fused-ring (bicyclic) bond motifs is 2. The van der Waals surface area contributed by atoms with Gasteiger partial charge < -0.3 is 19.5 Å². The SMILES string of the molecule is COc1ccc(Cn2nc(-c3ccc(C4CCC(OC(=O)NC(C)(C)C)C4)nc3)c3nc(-c4cccc5c4CCC5)c(OC)cc32)cc1. The van der Waals surface area contributed by atoms with Crippen LogP contribution in [-0.2, 0) is 24.1 Å². The molecule has 0 aliphatic heterocycles. The number of carbonyl (C=O) groups excluding carboxylic acids is 1. The number of pyridine rings is 2. The molecule has 0 radical (unpaired) electrons. The zero-order valence-electron chi connectivity index (χ0n) is 28.4. The van der Waals surface area contributed by atoms with Crippen molar-refractivity contribution in [2.75, 3.05) is 14.2 Å². The first-order valence-corrected chi connectivity index (χ1v) is 16.8. The largest absolute Gasteiger partial charge is 0.497 e. The molecule has 5 aromatic rings. The van der Waals surface area contributed by atoms with E-state index in [1.165, 1.54) is 11.1 Å². The zero-order valence-corrected chi connectivity index (χ0v) is 28.4. The molecule has 1 N–H and O–H groups in total. The smallest absolute Gasteiger partial charge is 0.407 e. The Kier molecular flexibility index (Phi) is 8.54. The second-order valence-corrected chi connectivity index (χ2v) is 13.9. The van der Waals surface area contributed by atoms with E-state index in [2.05, 4.69) is 53.8 Å². The molecule has 0 saturated heterocycles. The summed E-state index contributed by atoms with van der Waals surface area (Å²) in [6, 6.07) is 20.8. The molecule has 2 aliphatic rings. The summed E-state index contributed by atoms with van der Waals surface area (Å²) in [6.07, 6.45) is 7.21. The quantitative estimate of drug-likeness (QED) is 0.183. The van der Waals surface area contributed by atoms with Crippen LogP contribution in [0.4, 0.5) is 4.79 Å². The first-order valence-electron chi connectivity index (χ1n) is 16.8. The van der Waals surface area contributed by atoms with Crippen LogP contribution in [0.3, 0.4) is 0 Å². The number of rotatable bonds is 8. The maximum absolute atomic E-state index is 12.3. The van der Waals surface area contributed by atoms with Crippen LogP contribution in [0, 0.1) is 0 Å². The maximum atomic E-state index is 12.3. The van der Waals surface area contributed by atoms with Gasteiger partial charge in [-0.05, 0) is 100 Å². The van der Waals surface area contributed by atoms with E-state index < -0.39 is 0 Å². The lowest BCUT2D eigenvalue weighted by molar-refractivity contribution is 0.0936. The molecule has 9 heteroatoms. The zero-order chi connectivity index (χ0) is 33.4. The molecule has 1 saturated carbocycles. The van der Waals surface area contributed by atoms with Gasteiger partial charge in [0, 0.05) is 40.5 Å². The van der Waals surface area contributed by atoms with Crippen LogP contribution in [0.25, 0.3) is 33.5 Å². The molecule has 2 atom stereocenters. The number of alkyl carbamates (subject to hydrolysis) is 1. The van der Waals surface area contributed by atoms with Crippen molar-refractivity contribution in [3.05, 3.63) is 89.2 Å². The minimum Gasteiger partial charge on any atom is -0.497 e. The van der Waals surface area contributed by atoms with E-state index in [9.17, 15) is 4.79 Å². The van der Waals surface area contributed by atoms with Crippen molar-refractivity contribution in [1.82, 2.24) is 25.1 Å². The molecule has 2 unspecified atom stereocenters. The Hall–Kier alpha value is -4.92. The molecule has 248 valence electrons. The Morgan fingerprint density at radius 2 is 1.81 bits per heavy atom. The van der Waals surface area contributed by atoms with E-state index in [0.717, 1.165) is 94.8 Å². The van der Waals surface area contributed by atoms with E-state index in [1.54, 1.807) is 14.2 Å². The Labute approximate surface area is 281 Å².